The van der Waals surface area contributed by atoms with Gasteiger partial charge < -0.3 is 5.32 Å². The third-order valence-corrected chi connectivity index (χ3v) is 8.27. The lowest BCUT2D eigenvalue weighted by molar-refractivity contribution is -0.113. The highest BCUT2D eigenvalue weighted by Gasteiger charge is 2.37. The summed E-state index contributed by atoms with van der Waals surface area (Å²) in [5.74, 6) is -0.748. The molecular weight excluding hydrogens is 523 g/mol. The third kappa shape index (κ3) is 4.92. The van der Waals surface area contributed by atoms with Crippen molar-refractivity contribution in [2.24, 2.45) is 0 Å². The highest BCUT2D eigenvalue weighted by atomic mass is 35.5. The van der Waals surface area contributed by atoms with Crippen molar-refractivity contribution in [3.05, 3.63) is 95.4 Å². The van der Waals surface area contributed by atoms with E-state index in [-0.39, 0.29) is 34.0 Å². The minimum Gasteiger partial charge on any atom is -0.325 e. The predicted octanol–water partition coefficient (Wildman–Crippen LogP) is 5.38. The van der Waals surface area contributed by atoms with Crippen molar-refractivity contribution >= 4 is 50.7 Å². The number of nitrogens with zero attached hydrogens (tertiary/aromatic N) is 3. The van der Waals surface area contributed by atoms with Crippen molar-refractivity contribution in [2.45, 2.75) is 16.6 Å². The molecule has 0 spiro atoms. The first kappa shape index (κ1) is 24.2. The number of thioether (sulfide) groups is 1. The molecule has 0 atom stereocenters. The van der Waals surface area contributed by atoms with Crippen LogP contribution in [0.25, 0.3) is 11.3 Å². The van der Waals surface area contributed by atoms with E-state index in [0.29, 0.717) is 22.0 Å². The fourth-order valence-electron chi connectivity index (χ4n) is 3.75. The summed E-state index contributed by atoms with van der Waals surface area (Å²) in [7, 11) is -3.97. The minimum atomic E-state index is -3.97. The van der Waals surface area contributed by atoms with E-state index >= 15 is 0 Å². The van der Waals surface area contributed by atoms with Gasteiger partial charge in [0.2, 0.25) is 5.91 Å². The van der Waals surface area contributed by atoms with E-state index in [0.717, 1.165) is 17.3 Å². The number of rotatable bonds is 6. The van der Waals surface area contributed by atoms with Crippen LogP contribution in [0.15, 0.2) is 89.0 Å². The average Bonchev–Trinajstić information content (AvgIpc) is 2.87. The first-order chi connectivity index (χ1) is 17.3. The van der Waals surface area contributed by atoms with E-state index in [1.807, 2.05) is 30.3 Å². The van der Waals surface area contributed by atoms with E-state index in [1.165, 1.54) is 34.8 Å². The number of aromatic nitrogens is 2. The van der Waals surface area contributed by atoms with Gasteiger partial charge in [0.1, 0.15) is 10.7 Å². The normalized spacial score (nSPS) is 13.6. The number of hydrogen-bond acceptors (Lipinski definition) is 6. The average molecular weight is 541 g/mol. The smallest absolute Gasteiger partial charge is 0.268 e. The number of carbonyl (C=O) groups is 1. The summed E-state index contributed by atoms with van der Waals surface area (Å²) in [5.41, 5.74) is 2.55. The maximum atomic E-state index is 13.6. The molecule has 0 saturated heterocycles. The molecule has 4 aromatic rings. The fraction of sp³-hybridized carbons (Fsp3) is 0.0800. The van der Waals surface area contributed by atoms with Crippen LogP contribution in [0.4, 0.5) is 15.8 Å². The molecule has 1 N–H and O–H groups in total. The van der Waals surface area contributed by atoms with Crippen molar-refractivity contribution in [3.8, 4) is 11.3 Å². The second kappa shape index (κ2) is 9.88. The number of carbonyl (C=O) groups excluding carboxylic acids is 1. The van der Waals surface area contributed by atoms with E-state index < -0.39 is 15.8 Å². The summed E-state index contributed by atoms with van der Waals surface area (Å²) >= 11 is 7.29. The number of fused-ring (bicyclic) bond motifs is 3. The van der Waals surface area contributed by atoms with Crippen LogP contribution in [0.1, 0.15) is 5.56 Å². The van der Waals surface area contributed by atoms with Gasteiger partial charge in [-0.25, -0.2) is 22.8 Å². The summed E-state index contributed by atoms with van der Waals surface area (Å²) in [5, 5.41) is 3.31. The molecule has 3 aromatic carbocycles. The summed E-state index contributed by atoms with van der Waals surface area (Å²) < 4.78 is 41.5. The Hall–Kier alpha value is -3.47. The SMILES string of the molecule is O=C(CSc1ncc2c(n1)-c1ccc(Cl)cc1N(Cc1ccccc1)S2(=O)=O)Nc1ccc(F)cc1. The van der Waals surface area contributed by atoms with E-state index in [1.54, 1.807) is 18.2 Å². The van der Waals surface area contributed by atoms with Gasteiger partial charge in [0.05, 0.1) is 29.9 Å². The first-order valence-corrected chi connectivity index (χ1v) is 13.5. The molecule has 1 aliphatic heterocycles. The van der Waals surface area contributed by atoms with Crippen molar-refractivity contribution in [3.63, 3.8) is 0 Å². The maximum absolute atomic E-state index is 13.6. The topological polar surface area (TPSA) is 92.3 Å². The molecule has 11 heteroatoms. The van der Waals surface area contributed by atoms with Crippen LogP contribution in [-0.2, 0) is 21.4 Å². The second-order valence-electron chi connectivity index (χ2n) is 7.87. The monoisotopic (exact) mass is 540 g/mol. The summed E-state index contributed by atoms with van der Waals surface area (Å²) in [6.07, 6.45) is 1.27. The van der Waals surface area contributed by atoms with Crippen LogP contribution in [-0.4, -0.2) is 30.0 Å². The molecule has 1 aromatic heterocycles. The van der Waals surface area contributed by atoms with Gasteiger partial charge in [-0.2, -0.15) is 0 Å². The molecule has 1 aliphatic rings. The minimum absolute atomic E-state index is 0.0173. The quantitative estimate of drug-likeness (QED) is 0.261. The van der Waals surface area contributed by atoms with Gasteiger partial charge in [-0.3, -0.25) is 9.10 Å². The number of nitrogens with one attached hydrogen (secondary N) is 1. The van der Waals surface area contributed by atoms with Crippen molar-refractivity contribution in [2.75, 3.05) is 15.4 Å². The Kier molecular flexibility index (Phi) is 6.65. The molecule has 0 radical (unpaired) electrons. The van der Waals surface area contributed by atoms with Crippen molar-refractivity contribution in [1.29, 1.82) is 0 Å². The third-order valence-electron chi connectivity index (χ3n) is 5.41. The lowest BCUT2D eigenvalue weighted by Gasteiger charge is -2.31. The Balaban J connectivity index is 1.43. The zero-order chi connectivity index (χ0) is 25.3. The summed E-state index contributed by atoms with van der Waals surface area (Å²) in [6, 6.07) is 19.7. The van der Waals surface area contributed by atoms with E-state index in [2.05, 4.69) is 15.3 Å². The lowest BCUT2D eigenvalue weighted by Crippen LogP contribution is -2.34. The lowest BCUT2D eigenvalue weighted by atomic mass is 10.1. The fourth-order valence-corrected chi connectivity index (χ4v) is 6.08. The number of hydrogen-bond donors (Lipinski definition) is 1. The van der Waals surface area contributed by atoms with Gasteiger partial charge in [0, 0.05) is 16.3 Å². The Morgan fingerprint density at radius 1 is 1.06 bits per heavy atom. The van der Waals surface area contributed by atoms with Crippen LogP contribution in [0.5, 0.6) is 0 Å². The van der Waals surface area contributed by atoms with Crippen LogP contribution in [0.2, 0.25) is 5.02 Å². The van der Waals surface area contributed by atoms with Crippen LogP contribution >= 0.6 is 23.4 Å². The standard InChI is InChI=1S/C25H18ClFN4O3S2/c26-17-6-11-20-21(12-17)31(14-16-4-2-1-3-5-16)36(33,34)22-13-28-25(30-24(20)22)35-15-23(32)29-19-9-7-18(27)8-10-19/h1-13H,14-15H2,(H,29,32). The van der Waals surface area contributed by atoms with E-state index in [4.69, 9.17) is 11.6 Å². The van der Waals surface area contributed by atoms with Gasteiger partial charge in [-0.1, -0.05) is 53.7 Å². The van der Waals surface area contributed by atoms with Gasteiger partial charge in [-0.15, -0.1) is 0 Å². The second-order valence-corrected chi connectivity index (χ2v) is 11.1. The predicted molar refractivity (Wildman–Crippen MR) is 138 cm³/mol. The van der Waals surface area contributed by atoms with Gasteiger partial charge in [0.25, 0.3) is 10.0 Å². The molecule has 2 heterocycles. The molecule has 0 unspecified atom stereocenters. The van der Waals surface area contributed by atoms with Gasteiger partial charge in [-0.05, 0) is 48.0 Å². The molecule has 182 valence electrons. The molecular formula is C25H18ClFN4O3S2. The van der Waals surface area contributed by atoms with Crippen LogP contribution < -0.4 is 9.62 Å². The van der Waals surface area contributed by atoms with Gasteiger partial charge in [0.15, 0.2) is 5.16 Å². The number of sulfonamides is 1. The Bertz CT molecular complexity index is 1550. The molecule has 0 aliphatic carbocycles. The zero-order valence-electron chi connectivity index (χ0n) is 18.6. The number of benzene rings is 3. The van der Waals surface area contributed by atoms with Crippen LogP contribution in [0.3, 0.4) is 0 Å². The summed E-state index contributed by atoms with van der Waals surface area (Å²) in [4.78, 5) is 21.0. The van der Waals surface area contributed by atoms with Crippen molar-refractivity contribution < 1.29 is 17.6 Å². The van der Waals surface area contributed by atoms with Gasteiger partial charge >= 0.3 is 0 Å². The molecule has 5 rings (SSSR count). The molecule has 1 amide bonds. The Labute approximate surface area is 216 Å². The highest BCUT2D eigenvalue weighted by Crippen LogP contribution is 2.44. The number of anilines is 2. The number of halogens is 2. The zero-order valence-corrected chi connectivity index (χ0v) is 20.9. The molecule has 7 nitrogen and oxygen atoms in total. The largest absolute Gasteiger partial charge is 0.325 e. The molecule has 36 heavy (non-hydrogen) atoms. The Morgan fingerprint density at radius 2 is 1.81 bits per heavy atom. The molecule has 0 fully saturated rings. The first-order valence-electron chi connectivity index (χ1n) is 10.7. The van der Waals surface area contributed by atoms with E-state index in [9.17, 15) is 17.6 Å². The van der Waals surface area contributed by atoms with Crippen molar-refractivity contribution in [1.82, 2.24) is 9.97 Å². The molecule has 0 bridgehead atoms. The highest BCUT2D eigenvalue weighted by molar-refractivity contribution is 7.99. The maximum Gasteiger partial charge on any atom is 0.268 e. The molecule has 0 saturated carbocycles. The Morgan fingerprint density at radius 3 is 2.56 bits per heavy atom. The number of amides is 1. The summed E-state index contributed by atoms with van der Waals surface area (Å²) in [6.45, 7) is 0.121. The van der Waals surface area contributed by atoms with Crippen LogP contribution in [0, 0.1) is 5.82 Å².